The largest absolute Gasteiger partial charge is 0.326 e. The summed E-state index contributed by atoms with van der Waals surface area (Å²) in [6, 6.07) is 13.1. The Morgan fingerprint density at radius 1 is 1.12 bits per heavy atom. The lowest BCUT2D eigenvalue weighted by Gasteiger charge is -2.12. The summed E-state index contributed by atoms with van der Waals surface area (Å²) in [4.78, 5) is 24.1. The first kappa shape index (κ1) is 17.5. The number of hydrogen-bond donors (Lipinski definition) is 2. The van der Waals surface area contributed by atoms with Crippen molar-refractivity contribution in [3.8, 4) is 0 Å². The summed E-state index contributed by atoms with van der Waals surface area (Å²) in [6.45, 7) is 1.93. The molecule has 130 valence electrons. The molecule has 0 saturated heterocycles. The normalized spacial score (nSPS) is 13.4. The molecule has 0 aliphatic heterocycles. The van der Waals surface area contributed by atoms with Crippen LogP contribution in [0, 0.1) is 12.8 Å². The minimum atomic E-state index is -0.0753. The molecule has 0 heterocycles. The van der Waals surface area contributed by atoms with Crippen molar-refractivity contribution in [3.63, 3.8) is 0 Å². The average molecular weight is 357 g/mol. The number of carbonyl (C=O) groups is 2. The molecule has 0 atom stereocenters. The zero-order valence-electron chi connectivity index (χ0n) is 14.1. The zero-order valence-corrected chi connectivity index (χ0v) is 14.9. The van der Waals surface area contributed by atoms with Gasteiger partial charge in [-0.2, -0.15) is 0 Å². The maximum absolute atomic E-state index is 12.3. The molecule has 0 unspecified atom stereocenters. The Kier molecular flexibility index (Phi) is 5.39. The molecule has 1 aliphatic carbocycles. The van der Waals surface area contributed by atoms with Gasteiger partial charge in [-0.25, -0.2) is 0 Å². The molecule has 0 bridgehead atoms. The standard InChI is InChI=1S/C20H21ClN2O2/c1-13-6-10-16(22-20(25)15-7-8-15)12-18(13)23-19(24)11-9-14-4-2-3-5-17(14)21/h2-6,10,12,15H,7-9,11H2,1H3,(H,22,25)(H,23,24). The van der Waals surface area contributed by atoms with Crippen LogP contribution in [0.2, 0.25) is 5.02 Å². The van der Waals surface area contributed by atoms with Crippen molar-refractivity contribution in [1.82, 2.24) is 0 Å². The predicted octanol–water partition coefficient (Wildman–Crippen LogP) is 4.57. The lowest BCUT2D eigenvalue weighted by atomic mass is 10.1. The summed E-state index contributed by atoms with van der Waals surface area (Å²) in [5, 5.41) is 6.50. The SMILES string of the molecule is Cc1ccc(NC(=O)C2CC2)cc1NC(=O)CCc1ccccc1Cl. The van der Waals surface area contributed by atoms with Crippen LogP contribution in [-0.2, 0) is 16.0 Å². The van der Waals surface area contributed by atoms with Crippen LogP contribution < -0.4 is 10.6 Å². The number of amides is 2. The van der Waals surface area contributed by atoms with Crippen LogP contribution in [0.5, 0.6) is 0 Å². The molecule has 2 aromatic rings. The van der Waals surface area contributed by atoms with Gasteiger partial charge in [-0.3, -0.25) is 9.59 Å². The van der Waals surface area contributed by atoms with Gasteiger partial charge in [0.05, 0.1) is 0 Å². The highest BCUT2D eigenvalue weighted by atomic mass is 35.5. The van der Waals surface area contributed by atoms with Gasteiger partial charge in [0.1, 0.15) is 0 Å². The van der Waals surface area contributed by atoms with E-state index in [1.807, 2.05) is 49.4 Å². The number of benzene rings is 2. The molecule has 0 spiro atoms. The number of carbonyl (C=O) groups excluding carboxylic acids is 2. The fourth-order valence-electron chi connectivity index (χ4n) is 2.59. The molecule has 1 fully saturated rings. The Morgan fingerprint density at radius 2 is 1.88 bits per heavy atom. The van der Waals surface area contributed by atoms with Crippen LogP contribution in [-0.4, -0.2) is 11.8 Å². The Labute approximate surface area is 152 Å². The summed E-state index contributed by atoms with van der Waals surface area (Å²) in [5.41, 5.74) is 3.35. The Bertz CT molecular complexity index is 800. The van der Waals surface area contributed by atoms with Gasteiger partial charge in [-0.1, -0.05) is 35.9 Å². The molecule has 0 radical (unpaired) electrons. The molecule has 2 N–H and O–H groups in total. The Balaban J connectivity index is 1.60. The maximum Gasteiger partial charge on any atom is 0.227 e. The number of nitrogens with one attached hydrogen (secondary N) is 2. The second-order valence-corrected chi connectivity index (χ2v) is 6.84. The van der Waals surface area contributed by atoms with Crippen molar-refractivity contribution in [2.45, 2.75) is 32.6 Å². The number of halogens is 1. The van der Waals surface area contributed by atoms with Gasteiger partial charge >= 0.3 is 0 Å². The van der Waals surface area contributed by atoms with Crippen molar-refractivity contribution in [1.29, 1.82) is 0 Å². The number of anilines is 2. The number of aryl methyl sites for hydroxylation is 2. The highest BCUT2D eigenvalue weighted by Crippen LogP contribution is 2.31. The van der Waals surface area contributed by atoms with E-state index >= 15 is 0 Å². The Hall–Kier alpha value is -2.33. The van der Waals surface area contributed by atoms with E-state index < -0.39 is 0 Å². The van der Waals surface area contributed by atoms with Crippen molar-refractivity contribution >= 4 is 34.8 Å². The van der Waals surface area contributed by atoms with Gasteiger partial charge in [0.2, 0.25) is 11.8 Å². The van der Waals surface area contributed by atoms with E-state index in [1.165, 1.54) is 0 Å². The van der Waals surface area contributed by atoms with Gasteiger partial charge in [0.25, 0.3) is 0 Å². The van der Waals surface area contributed by atoms with Crippen molar-refractivity contribution in [2.75, 3.05) is 10.6 Å². The molecule has 3 rings (SSSR count). The molecule has 2 amide bonds. The zero-order chi connectivity index (χ0) is 17.8. The minimum absolute atomic E-state index is 0.0554. The van der Waals surface area contributed by atoms with E-state index in [4.69, 9.17) is 11.6 Å². The molecule has 1 aliphatic rings. The van der Waals surface area contributed by atoms with Gasteiger partial charge in [0, 0.05) is 28.7 Å². The van der Waals surface area contributed by atoms with E-state index in [0.717, 1.165) is 29.7 Å². The van der Waals surface area contributed by atoms with Crippen LogP contribution in [0.15, 0.2) is 42.5 Å². The molecule has 4 nitrogen and oxygen atoms in total. The third-order valence-corrected chi connectivity index (χ3v) is 4.68. The van der Waals surface area contributed by atoms with Crippen LogP contribution in [0.4, 0.5) is 11.4 Å². The fraction of sp³-hybridized carbons (Fsp3) is 0.300. The van der Waals surface area contributed by atoms with E-state index in [1.54, 1.807) is 0 Å². The quantitative estimate of drug-likeness (QED) is 0.796. The van der Waals surface area contributed by atoms with E-state index in [-0.39, 0.29) is 17.7 Å². The van der Waals surface area contributed by atoms with E-state index in [2.05, 4.69) is 10.6 Å². The molecular weight excluding hydrogens is 336 g/mol. The van der Waals surface area contributed by atoms with Crippen molar-refractivity contribution < 1.29 is 9.59 Å². The highest BCUT2D eigenvalue weighted by Gasteiger charge is 2.29. The van der Waals surface area contributed by atoms with Crippen LogP contribution >= 0.6 is 11.6 Å². The number of rotatable bonds is 6. The van der Waals surface area contributed by atoms with Crippen LogP contribution in [0.1, 0.15) is 30.4 Å². The summed E-state index contributed by atoms with van der Waals surface area (Å²) in [7, 11) is 0. The smallest absolute Gasteiger partial charge is 0.227 e. The summed E-state index contributed by atoms with van der Waals surface area (Å²) in [5.74, 6) is 0.128. The predicted molar refractivity (Wildman–Crippen MR) is 101 cm³/mol. The molecule has 5 heteroatoms. The van der Waals surface area contributed by atoms with Crippen LogP contribution in [0.25, 0.3) is 0 Å². The summed E-state index contributed by atoms with van der Waals surface area (Å²) >= 11 is 6.12. The first-order valence-electron chi connectivity index (χ1n) is 8.47. The lowest BCUT2D eigenvalue weighted by Crippen LogP contribution is -2.15. The van der Waals surface area contributed by atoms with E-state index in [9.17, 15) is 9.59 Å². The molecule has 25 heavy (non-hydrogen) atoms. The van der Waals surface area contributed by atoms with Gasteiger partial charge < -0.3 is 10.6 Å². The second kappa shape index (κ2) is 7.70. The monoisotopic (exact) mass is 356 g/mol. The molecular formula is C20H21ClN2O2. The fourth-order valence-corrected chi connectivity index (χ4v) is 2.82. The third kappa shape index (κ3) is 4.83. The van der Waals surface area contributed by atoms with Crippen LogP contribution in [0.3, 0.4) is 0 Å². The van der Waals surface area contributed by atoms with Crippen molar-refractivity contribution in [2.24, 2.45) is 5.92 Å². The summed E-state index contributed by atoms with van der Waals surface area (Å²) in [6.07, 6.45) is 2.86. The summed E-state index contributed by atoms with van der Waals surface area (Å²) < 4.78 is 0. The minimum Gasteiger partial charge on any atom is -0.326 e. The highest BCUT2D eigenvalue weighted by molar-refractivity contribution is 6.31. The Morgan fingerprint density at radius 3 is 2.60 bits per heavy atom. The number of hydrogen-bond acceptors (Lipinski definition) is 2. The molecule has 0 aromatic heterocycles. The van der Waals surface area contributed by atoms with E-state index in [0.29, 0.717) is 23.6 Å². The lowest BCUT2D eigenvalue weighted by molar-refractivity contribution is -0.117. The maximum atomic E-state index is 12.3. The molecule has 1 saturated carbocycles. The van der Waals surface area contributed by atoms with Crippen molar-refractivity contribution in [3.05, 3.63) is 58.6 Å². The molecule has 2 aromatic carbocycles. The first-order chi connectivity index (χ1) is 12.0. The van der Waals surface area contributed by atoms with Gasteiger partial charge in [0.15, 0.2) is 0 Å². The topological polar surface area (TPSA) is 58.2 Å². The first-order valence-corrected chi connectivity index (χ1v) is 8.85. The van der Waals surface area contributed by atoms with Gasteiger partial charge in [-0.15, -0.1) is 0 Å². The third-order valence-electron chi connectivity index (χ3n) is 4.31. The average Bonchev–Trinajstić information content (AvgIpc) is 3.42. The van der Waals surface area contributed by atoms with Gasteiger partial charge in [-0.05, 0) is 55.5 Å². The second-order valence-electron chi connectivity index (χ2n) is 6.43.